The molecule has 0 aliphatic rings. The summed E-state index contributed by atoms with van der Waals surface area (Å²) >= 11 is 0. The maximum atomic E-state index is 9.19. The molecule has 0 aromatic heterocycles. The summed E-state index contributed by atoms with van der Waals surface area (Å²) < 4.78 is 0. The molecule has 0 fully saturated rings. The van der Waals surface area contributed by atoms with E-state index in [2.05, 4.69) is 20.8 Å². The largest absolute Gasteiger partial charge is 0.393 e. The van der Waals surface area contributed by atoms with Gasteiger partial charge in [0.05, 0.1) is 6.10 Å². The Balaban J connectivity index is 0. The SMILES string of the molecule is CCCC(CC)[C@H](C)CC[C@H](C)O.[Ce]. The summed E-state index contributed by atoms with van der Waals surface area (Å²) in [5, 5.41) is 9.19. The minimum Gasteiger partial charge on any atom is -0.393 e. The van der Waals surface area contributed by atoms with Crippen molar-refractivity contribution in [2.45, 2.75) is 65.9 Å². The van der Waals surface area contributed by atoms with Crippen LogP contribution in [-0.2, 0) is 0 Å². The Kier molecular flexibility index (Phi) is 13.7. The molecule has 0 radical (unpaired) electrons. The van der Waals surface area contributed by atoms with E-state index in [-0.39, 0.29) is 47.9 Å². The first-order valence-corrected chi connectivity index (χ1v) is 5.79. The third-order valence-electron chi connectivity index (χ3n) is 3.03. The van der Waals surface area contributed by atoms with Gasteiger partial charge in [0, 0.05) is 41.7 Å². The molecule has 0 aromatic rings. The molecule has 0 aliphatic carbocycles. The zero-order chi connectivity index (χ0) is 10.3. The molecule has 3 atom stereocenters. The molecule has 84 valence electrons. The fourth-order valence-electron chi connectivity index (χ4n) is 2.00. The van der Waals surface area contributed by atoms with Gasteiger partial charge in [-0.25, -0.2) is 0 Å². The standard InChI is InChI=1S/C12H26O.Ce/c1-5-7-12(6-2)10(3)8-9-11(4)13;/h10-13H,5-9H2,1-4H3;/t10-,11+,12?;/m1./s1. The van der Waals surface area contributed by atoms with Crippen molar-refractivity contribution in [3.05, 3.63) is 0 Å². The fraction of sp³-hybridized carbons (Fsp3) is 1.00. The summed E-state index contributed by atoms with van der Waals surface area (Å²) in [5.41, 5.74) is 0. The third-order valence-corrected chi connectivity index (χ3v) is 3.03. The molecule has 0 aromatic carbocycles. The molecule has 1 nitrogen and oxygen atoms in total. The number of hydrogen-bond donors (Lipinski definition) is 1. The van der Waals surface area contributed by atoms with Gasteiger partial charge in [0.15, 0.2) is 0 Å². The molecule has 0 aliphatic heterocycles. The van der Waals surface area contributed by atoms with Gasteiger partial charge in [-0.2, -0.15) is 0 Å². The maximum absolute atomic E-state index is 9.19. The molecule has 0 rings (SSSR count). The van der Waals surface area contributed by atoms with Crippen molar-refractivity contribution in [2.24, 2.45) is 11.8 Å². The van der Waals surface area contributed by atoms with E-state index in [1.807, 2.05) is 6.92 Å². The number of aliphatic hydroxyl groups is 1. The van der Waals surface area contributed by atoms with Crippen molar-refractivity contribution >= 4 is 0 Å². The molecular weight excluding hydrogens is 300 g/mol. The van der Waals surface area contributed by atoms with Gasteiger partial charge in [-0.3, -0.25) is 0 Å². The summed E-state index contributed by atoms with van der Waals surface area (Å²) in [7, 11) is 0. The number of aliphatic hydroxyl groups excluding tert-OH is 1. The van der Waals surface area contributed by atoms with E-state index in [4.69, 9.17) is 0 Å². The zero-order valence-electron chi connectivity index (χ0n) is 10.2. The van der Waals surface area contributed by atoms with Crippen LogP contribution in [0.1, 0.15) is 59.8 Å². The minimum atomic E-state index is -0.124. The molecule has 1 unspecified atom stereocenters. The van der Waals surface area contributed by atoms with Crippen molar-refractivity contribution in [1.29, 1.82) is 0 Å². The quantitative estimate of drug-likeness (QED) is 0.758. The van der Waals surface area contributed by atoms with Crippen LogP contribution in [0.2, 0.25) is 0 Å². The van der Waals surface area contributed by atoms with Gasteiger partial charge >= 0.3 is 0 Å². The molecule has 1 N–H and O–H groups in total. The van der Waals surface area contributed by atoms with Crippen LogP contribution in [0.4, 0.5) is 0 Å². The molecule has 2 heteroatoms. The first kappa shape index (κ1) is 17.7. The van der Waals surface area contributed by atoms with Gasteiger partial charge in [-0.1, -0.05) is 40.0 Å². The van der Waals surface area contributed by atoms with Gasteiger partial charge < -0.3 is 5.11 Å². The molecule has 0 heterocycles. The van der Waals surface area contributed by atoms with E-state index in [9.17, 15) is 5.11 Å². The molecule has 0 spiro atoms. The van der Waals surface area contributed by atoms with Crippen LogP contribution in [0, 0.1) is 53.6 Å². The summed E-state index contributed by atoms with van der Waals surface area (Å²) in [6.07, 6.45) is 5.93. The zero-order valence-corrected chi connectivity index (χ0v) is 13.4. The topological polar surface area (TPSA) is 20.2 Å². The Bertz CT molecular complexity index is 115. The summed E-state index contributed by atoms with van der Waals surface area (Å²) in [6, 6.07) is 0. The Morgan fingerprint density at radius 2 is 1.57 bits per heavy atom. The van der Waals surface area contributed by atoms with Crippen LogP contribution in [0.25, 0.3) is 0 Å². The Hall–Kier alpha value is 1.34. The number of hydrogen-bond acceptors (Lipinski definition) is 1. The monoisotopic (exact) mass is 326 g/mol. The minimum absolute atomic E-state index is 0. The van der Waals surface area contributed by atoms with E-state index in [1.54, 1.807) is 0 Å². The van der Waals surface area contributed by atoms with Gasteiger partial charge in [-0.15, -0.1) is 0 Å². The van der Waals surface area contributed by atoms with Crippen LogP contribution >= 0.6 is 0 Å². The Labute approximate surface area is 123 Å². The molecule has 14 heavy (non-hydrogen) atoms. The van der Waals surface area contributed by atoms with Gasteiger partial charge in [0.2, 0.25) is 0 Å². The maximum Gasteiger partial charge on any atom is 0.0512 e. The van der Waals surface area contributed by atoms with Crippen molar-refractivity contribution in [3.63, 3.8) is 0 Å². The van der Waals surface area contributed by atoms with E-state index < -0.39 is 0 Å². The second-order valence-corrected chi connectivity index (χ2v) is 4.36. The second kappa shape index (κ2) is 10.8. The molecular formula is C12H26CeO. The van der Waals surface area contributed by atoms with Crippen molar-refractivity contribution in [1.82, 2.24) is 0 Å². The predicted molar refractivity (Wildman–Crippen MR) is 58.8 cm³/mol. The first-order chi connectivity index (χ1) is 6.11. The van der Waals surface area contributed by atoms with Gasteiger partial charge in [0.1, 0.15) is 0 Å². The van der Waals surface area contributed by atoms with Crippen LogP contribution in [0.5, 0.6) is 0 Å². The fourth-order valence-corrected chi connectivity index (χ4v) is 2.00. The second-order valence-electron chi connectivity index (χ2n) is 4.36. The van der Waals surface area contributed by atoms with Gasteiger partial charge in [-0.05, 0) is 31.6 Å². The Morgan fingerprint density at radius 1 is 1.00 bits per heavy atom. The van der Waals surface area contributed by atoms with Crippen LogP contribution < -0.4 is 0 Å². The van der Waals surface area contributed by atoms with E-state index in [0.29, 0.717) is 0 Å². The van der Waals surface area contributed by atoms with Crippen LogP contribution in [-0.4, -0.2) is 11.2 Å². The van der Waals surface area contributed by atoms with Crippen LogP contribution in [0.3, 0.4) is 0 Å². The van der Waals surface area contributed by atoms with Crippen molar-refractivity contribution in [3.8, 4) is 0 Å². The Morgan fingerprint density at radius 3 is 1.93 bits per heavy atom. The van der Waals surface area contributed by atoms with E-state index in [0.717, 1.165) is 18.3 Å². The average Bonchev–Trinajstić information content (AvgIpc) is 2.10. The normalized spacial score (nSPS) is 16.9. The van der Waals surface area contributed by atoms with E-state index in [1.165, 1.54) is 25.7 Å². The van der Waals surface area contributed by atoms with Gasteiger partial charge in [0.25, 0.3) is 0 Å². The summed E-state index contributed by atoms with van der Waals surface area (Å²) in [6.45, 7) is 8.74. The average molecular weight is 326 g/mol. The predicted octanol–water partition coefficient (Wildman–Crippen LogP) is 3.61. The van der Waals surface area contributed by atoms with Crippen LogP contribution in [0.15, 0.2) is 0 Å². The summed E-state index contributed by atoms with van der Waals surface area (Å²) in [5.74, 6) is 1.64. The van der Waals surface area contributed by atoms with Crippen molar-refractivity contribution in [2.75, 3.05) is 0 Å². The molecule has 0 bridgehead atoms. The number of rotatable bonds is 7. The summed E-state index contributed by atoms with van der Waals surface area (Å²) in [4.78, 5) is 0. The third kappa shape index (κ3) is 8.63. The van der Waals surface area contributed by atoms with Crippen molar-refractivity contribution < 1.29 is 46.9 Å². The smallest absolute Gasteiger partial charge is 0.0512 e. The molecule has 0 saturated heterocycles. The van der Waals surface area contributed by atoms with E-state index >= 15 is 0 Å². The first-order valence-electron chi connectivity index (χ1n) is 5.79. The molecule has 0 saturated carbocycles. The molecule has 0 amide bonds.